The van der Waals surface area contributed by atoms with Crippen molar-refractivity contribution >= 4 is 49.3 Å². The van der Waals surface area contributed by atoms with Crippen LogP contribution in [0.2, 0.25) is 0 Å². The van der Waals surface area contributed by atoms with Crippen LogP contribution in [0.5, 0.6) is 0 Å². The van der Waals surface area contributed by atoms with E-state index < -0.39 is 17.6 Å². The molecule has 1 aromatic heterocycles. The number of aromatic nitrogens is 1. The van der Waals surface area contributed by atoms with Crippen molar-refractivity contribution in [1.82, 2.24) is 15.6 Å². The molecule has 0 aliphatic rings. The first-order valence-corrected chi connectivity index (χ1v) is 12.9. The molecule has 39 heavy (non-hydrogen) atoms. The zero-order valence-corrected chi connectivity index (χ0v) is 21.3. The number of nitrogens with zero attached hydrogens (tertiary/aromatic N) is 1. The number of halogens is 3. The van der Waals surface area contributed by atoms with Gasteiger partial charge in [-0.1, -0.05) is 47.7 Å². The summed E-state index contributed by atoms with van der Waals surface area (Å²) < 4.78 is 38.9. The Morgan fingerprint density at radius 1 is 0.795 bits per heavy atom. The number of rotatable bonds is 8. The minimum Gasteiger partial charge on any atom is -0.351 e. The molecule has 5 aromatic rings. The maximum absolute atomic E-state index is 12.7. The molecule has 2 amide bonds. The molecule has 10 heteroatoms. The van der Waals surface area contributed by atoms with Gasteiger partial charge in [-0.15, -0.1) is 0 Å². The number of thiazole rings is 1. The molecule has 6 nitrogen and oxygen atoms in total. The molecule has 0 saturated carbocycles. The van der Waals surface area contributed by atoms with Gasteiger partial charge in [-0.3, -0.25) is 14.9 Å². The van der Waals surface area contributed by atoms with Crippen LogP contribution in [-0.2, 0) is 12.7 Å². The average Bonchev–Trinajstić information content (AvgIpc) is 3.33. The predicted octanol–water partition coefficient (Wildman–Crippen LogP) is 6.24. The van der Waals surface area contributed by atoms with Crippen LogP contribution in [0.3, 0.4) is 0 Å². The van der Waals surface area contributed by atoms with Crippen molar-refractivity contribution < 1.29 is 22.8 Å². The number of hydrogen-bond acceptors (Lipinski definition) is 5. The van der Waals surface area contributed by atoms with Crippen molar-refractivity contribution in [3.05, 3.63) is 107 Å². The molecule has 0 bridgehead atoms. The van der Waals surface area contributed by atoms with Crippen molar-refractivity contribution in [3.63, 3.8) is 0 Å². The van der Waals surface area contributed by atoms with E-state index in [1.54, 1.807) is 18.2 Å². The molecule has 3 N–H and O–H groups in total. The smallest absolute Gasteiger partial charge is 0.351 e. The zero-order valence-electron chi connectivity index (χ0n) is 20.5. The SMILES string of the molecule is O=C(NCCNCc1ccc2ccccc2c1)c1ccc2nc(NC(=O)c3ccc(C(F)(F)F)cc3)sc2c1. The fourth-order valence-corrected chi connectivity index (χ4v) is 4.95. The first-order valence-electron chi connectivity index (χ1n) is 12.1. The van der Waals surface area contributed by atoms with Gasteiger partial charge in [-0.2, -0.15) is 13.2 Å². The predicted molar refractivity (Wildman–Crippen MR) is 147 cm³/mol. The van der Waals surface area contributed by atoms with E-state index in [-0.39, 0.29) is 16.6 Å². The van der Waals surface area contributed by atoms with Gasteiger partial charge in [0.25, 0.3) is 11.8 Å². The first-order chi connectivity index (χ1) is 18.8. The quantitative estimate of drug-likeness (QED) is 0.201. The molecule has 5 rings (SSSR count). The molecule has 4 aromatic carbocycles. The Labute approximate surface area is 225 Å². The molecule has 0 fully saturated rings. The van der Waals surface area contributed by atoms with Crippen LogP contribution in [0.15, 0.2) is 84.9 Å². The highest BCUT2D eigenvalue weighted by atomic mass is 32.1. The molecule has 198 valence electrons. The van der Waals surface area contributed by atoms with Crippen molar-refractivity contribution in [1.29, 1.82) is 0 Å². The molecular weight excluding hydrogens is 525 g/mol. The second-order valence-electron chi connectivity index (χ2n) is 8.84. The van der Waals surface area contributed by atoms with Gasteiger partial charge in [0.15, 0.2) is 5.13 Å². The topological polar surface area (TPSA) is 83.1 Å². The molecule has 0 unspecified atom stereocenters. The normalized spacial score (nSPS) is 11.6. The summed E-state index contributed by atoms with van der Waals surface area (Å²) in [4.78, 5) is 29.4. The highest BCUT2D eigenvalue weighted by Crippen LogP contribution is 2.30. The van der Waals surface area contributed by atoms with Gasteiger partial charge < -0.3 is 10.6 Å². The number of alkyl halides is 3. The van der Waals surface area contributed by atoms with Crippen LogP contribution in [0.1, 0.15) is 31.8 Å². The molecule has 0 radical (unpaired) electrons. The fourth-order valence-electron chi connectivity index (χ4n) is 4.05. The summed E-state index contributed by atoms with van der Waals surface area (Å²) in [6.45, 7) is 1.73. The van der Waals surface area contributed by atoms with Crippen molar-refractivity contribution in [3.8, 4) is 0 Å². The molecule has 0 saturated heterocycles. The highest BCUT2D eigenvalue weighted by Gasteiger charge is 2.30. The Morgan fingerprint density at radius 3 is 2.31 bits per heavy atom. The standard InChI is InChI=1S/C29H23F3N4O2S/c30-29(31,32)23-10-7-20(8-11-23)27(38)36-28-35-24-12-9-22(16-25(24)39-28)26(37)34-14-13-33-17-18-5-6-19-3-1-2-4-21(19)15-18/h1-12,15-16,33H,13-14,17H2,(H,34,37)(H,35,36,38). The lowest BCUT2D eigenvalue weighted by Crippen LogP contribution is -2.31. The number of anilines is 1. The number of benzene rings is 4. The summed E-state index contributed by atoms with van der Waals surface area (Å²) >= 11 is 1.17. The van der Waals surface area contributed by atoms with Crippen LogP contribution >= 0.6 is 11.3 Å². The first kappa shape index (κ1) is 26.3. The van der Waals surface area contributed by atoms with E-state index in [0.29, 0.717) is 35.4 Å². The Kier molecular flexibility index (Phi) is 7.58. The van der Waals surface area contributed by atoms with Crippen LogP contribution in [0.4, 0.5) is 18.3 Å². The van der Waals surface area contributed by atoms with E-state index in [2.05, 4.69) is 51.3 Å². The Hall–Kier alpha value is -4.28. The lowest BCUT2D eigenvalue weighted by atomic mass is 10.1. The second kappa shape index (κ2) is 11.2. The summed E-state index contributed by atoms with van der Waals surface area (Å²) in [6.07, 6.45) is -4.47. The minimum atomic E-state index is -4.47. The number of carbonyl (C=O) groups excluding carboxylic acids is 2. The Bertz CT molecular complexity index is 1650. The molecular formula is C29H23F3N4O2S. The summed E-state index contributed by atoms with van der Waals surface area (Å²) in [5, 5.41) is 11.5. The van der Waals surface area contributed by atoms with Gasteiger partial charge in [0.2, 0.25) is 0 Å². The monoisotopic (exact) mass is 548 g/mol. The summed E-state index contributed by atoms with van der Waals surface area (Å²) in [5.74, 6) is -0.801. The van der Waals surface area contributed by atoms with Gasteiger partial charge in [0.05, 0.1) is 15.8 Å². The van der Waals surface area contributed by atoms with Crippen LogP contribution in [-0.4, -0.2) is 29.9 Å². The van der Waals surface area contributed by atoms with E-state index in [1.165, 1.54) is 22.1 Å². The van der Waals surface area contributed by atoms with E-state index in [0.717, 1.165) is 29.8 Å². The van der Waals surface area contributed by atoms with Crippen molar-refractivity contribution in [2.24, 2.45) is 0 Å². The van der Waals surface area contributed by atoms with Crippen molar-refractivity contribution in [2.75, 3.05) is 18.4 Å². The maximum atomic E-state index is 12.7. The van der Waals surface area contributed by atoms with Crippen molar-refractivity contribution in [2.45, 2.75) is 12.7 Å². The van der Waals surface area contributed by atoms with Crippen LogP contribution in [0.25, 0.3) is 21.0 Å². The second-order valence-corrected chi connectivity index (χ2v) is 9.88. The Morgan fingerprint density at radius 2 is 1.54 bits per heavy atom. The zero-order chi connectivity index (χ0) is 27.4. The maximum Gasteiger partial charge on any atom is 0.416 e. The number of nitrogens with one attached hydrogen (secondary N) is 3. The van der Waals surface area contributed by atoms with E-state index in [4.69, 9.17) is 0 Å². The summed E-state index contributed by atoms with van der Waals surface area (Å²) in [5.41, 5.74) is 1.47. The molecule has 0 aliphatic carbocycles. The van der Waals surface area contributed by atoms with E-state index >= 15 is 0 Å². The number of carbonyl (C=O) groups is 2. The van der Waals surface area contributed by atoms with Crippen LogP contribution in [0, 0.1) is 0 Å². The van der Waals surface area contributed by atoms with E-state index in [1.807, 2.05) is 12.1 Å². The minimum absolute atomic E-state index is 0.0801. The third-order valence-electron chi connectivity index (χ3n) is 6.08. The number of amides is 2. The lowest BCUT2D eigenvalue weighted by Gasteiger charge is -2.08. The molecule has 0 atom stereocenters. The van der Waals surface area contributed by atoms with E-state index in [9.17, 15) is 22.8 Å². The Balaban J connectivity index is 1.13. The summed E-state index contributed by atoms with van der Waals surface area (Å²) in [7, 11) is 0. The van der Waals surface area contributed by atoms with Gasteiger partial charge >= 0.3 is 6.18 Å². The third-order valence-corrected chi connectivity index (χ3v) is 7.01. The van der Waals surface area contributed by atoms with Crippen LogP contribution < -0.4 is 16.0 Å². The fraction of sp³-hybridized carbons (Fsp3) is 0.138. The number of fused-ring (bicyclic) bond motifs is 2. The third kappa shape index (κ3) is 6.42. The molecule has 0 spiro atoms. The van der Waals surface area contributed by atoms with Gasteiger partial charge in [-0.25, -0.2) is 4.98 Å². The molecule has 0 aliphatic heterocycles. The van der Waals surface area contributed by atoms with Gasteiger partial charge in [-0.05, 0) is 64.9 Å². The molecule has 1 heterocycles. The van der Waals surface area contributed by atoms with Gasteiger partial charge in [0.1, 0.15) is 0 Å². The average molecular weight is 549 g/mol. The lowest BCUT2D eigenvalue weighted by molar-refractivity contribution is -0.137. The largest absolute Gasteiger partial charge is 0.416 e. The van der Waals surface area contributed by atoms with Gasteiger partial charge in [0, 0.05) is 30.8 Å². The highest BCUT2D eigenvalue weighted by molar-refractivity contribution is 7.22. The number of hydrogen-bond donors (Lipinski definition) is 3. The summed E-state index contributed by atoms with van der Waals surface area (Å²) in [6, 6.07) is 23.5.